The third-order valence-electron chi connectivity index (χ3n) is 3.71. The molecule has 0 aromatic heterocycles. The largest absolute Gasteiger partial charge is 0.462 e. The van der Waals surface area contributed by atoms with Gasteiger partial charge in [-0.25, -0.2) is 0 Å². The highest BCUT2D eigenvalue weighted by atomic mass is 16.8. The lowest BCUT2D eigenvalue weighted by atomic mass is 9.97. The summed E-state index contributed by atoms with van der Waals surface area (Å²) >= 11 is 0. The first-order chi connectivity index (χ1) is 10.5. The summed E-state index contributed by atoms with van der Waals surface area (Å²) in [6.45, 7) is 8.39. The van der Waals surface area contributed by atoms with Crippen LogP contribution < -0.4 is 0 Å². The molecule has 0 bridgehead atoms. The van der Waals surface area contributed by atoms with Crippen molar-refractivity contribution >= 4 is 5.97 Å². The highest BCUT2D eigenvalue weighted by Gasteiger charge is 2.61. The highest BCUT2D eigenvalue weighted by molar-refractivity contribution is 5.75. The number of nitrogens with zero attached hydrogens (tertiary/aromatic N) is 3. The number of azide groups is 1. The maximum Gasteiger partial charge on any atom is 0.311 e. The number of aliphatic hydroxyl groups excluding tert-OH is 1. The number of hydrogen-bond donors (Lipinski definition) is 1. The summed E-state index contributed by atoms with van der Waals surface area (Å²) in [6, 6.07) is -0.993. The molecule has 2 fully saturated rings. The van der Waals surface area contributed by atoms with Crippen molar-refractivity contribution in [2.75, 3.05) is 13.2 Å². The predicted molar refractivity (Wildman–Crippen MR) is 78.1 cm³/mol. The Hall–Kier alpha value is -1.38. The average Bonchev–Trinajstić information content (AvgIpc) is 2.86. The van der Waals surface area contributed by atoms with Gasteiger partial charge in [0.15, 0.2) is 5.79 Å². The Balaban J connectivity index is 2.12. The molecular weight excluding hydrogens is 306 g/mol. The smallest absolute Gasteiger partial charge is 0.311 e. The molecule has 2 aliphatic heterocycles. The Bertz CT molecular complexity index is 525. The molecule has 0 radical (unpaired) electrons. The minimum Gasteiger partial charge on any atom is -0.462 e. The van der Waals surface area contributed by atoms with Crippen molar-refractivity contribution in [1.82, 2.24) is 0 Å². The normalized spacial score (nSPS) is 36.0. The Morgan fingerprint density at radius 2 is 2.13 bits per heavy atom. The van der Waals surface area contributed by atoms with Crippen LogP contribution in [0, 0.1) is 5.41 Å². The number of aliphatic hydroxyl groups is 1. The maximum atomic E-state index is 11.9. The van der Waals surface area contributed by atoms with Crippen LogP contribution >= 0.6 is 0 Å². The van der Waals surface area contributed by atoms with Crippen molar-refractivity contribution < 1.29 is 28.8 Å². The third-order valence-corrected chi connectivity index (χ3v) is 3.71. The zero-order chi connectivity index (χ0) is 17.5. The summed E-state index contributed by atoms with van der Waals surface area (Å²) in [6.07, 6.45) is -2.04. The molecule has 0 aromatic rings. The van der Waals surface area contributed by atoms with E-state index in [2.05, 4.69) is 10.0 Å². The fourth-order valence-corrected chi connectivity index (χ4v) is 2.53. The molecule has 130 valence electrons. The summed E-state index contributed by atoms with van der Waals surface area (Å²) < 4.78 is 22.1. The zero-order valence-electron chi connectivity index (χ0n) is 14.0. The van der Waals surface area contributed by atoms with Crippen molar-refractivity contribution in [2.45, 2.75) is 64.4 Å². The fraction of sp³-hybridized carbons (Fsp3) is 0.929. The lowest BCUT2D eigenvalue weighted by Crippen LogP contribution is -2.45. The number of ether oxygens (including phenoxy) is 4. The van der Waals surface area contributed by atoms with Gasteiger partial charge in [-0.2, -0.15) is 0 Å². The standard InChI is InChI=1S/C14H23N3O6/c1-12(2,3)11(19)20-6-8-9(18)10(16-17-15)14(22-8)7-21-13(4,5)23-14/h8-10,18H,6-7H2,1-5H3/t8-,9-,10-,14?/m1/s1. The summed E-state index contributed by atoms with van der Waals surface area (Å²) in [4.78, 5) is 14.6. The van der Waals surface area contributed by atoms with Gasteiger partial charge in [0.1, 0.15) is 25.4 Å². The van der Waals surface area contributed by atoms with Crippen molar-refractivity contribution in [3.8, 4) is 0 Å². The maximum absolute atomic E-state index is 11.9. The molecule has 2 heterocycles. The molecule has 0 aliphatic carbocycles. The van der Waals surface area contributed by atoms with Crippen LogP contribution in [-0.4, -0.2) is 54.1 Å². The number of esters is 1. The molecule has 9 heteroatoms. The lowest BCUT2D eigenvalue weighted by molar-refractivity contribution is -0.252. The van der Waals surface area contributed by atoms with E-state index < -0.39 is 41.2 Å². The van der Waals surface area contributed by atoms with Crippen molar-refractivity contribution in [1.29, 1.82) is 0 Å². The molecule has 0 saturated carbocycles. The fourth-order valence-electron chi connectivity index (χ4n) is 2.53. The first-order valence-corrected chi connectivity index (χ1v) is 7.42. The van der Waals surface area contributed by atoms with Crippen molar-refractivity contribution in [3.05, 3.63) is 10.4 Å². The molecule has 2 rings (SSSR count). The molecule has 9 nitrogen and oxygen atoms in total. The SMILES string of the molecule is CC1(C)OCC2(O[C@H](COC(=O)C(C)(C)C)[C@@H](O)[C@H]2N=[N+]=[N-])O1. The molecule has 2 saturated heterocycles. The highest BCUT2D eigenvalue weighted by Crippen LogP contribution is 2.43. The Kier molecular flexibility index (Phi) is 4.62. The van der Waals surface area contributed by atoms with Crippen LogP contribution in [-0.2, 0) is 23.7 Å². The minimum atomic E-state index is -1.38. The van der Waals surface area contributed by atoms with E-state index in [1.807, 2.05) is 0 Å². The molecule has 0 aromatic carbocycles. The van der Waals surface area contributed by atoms with E-state index in [0.29, 0.717) is 0 Å². The topological polar surface area (TPSA) is 123 Å². The van der Waals surface area contributed by atoms with Crippen molar-refractivity contribution in [2.24, 2.45) is 10.5 Å². The lowest BCUT2D eigenvalue weighted by Gasteiger charge is -2.27. The Labute approximate surface area is 134 Å². The summed E-state index contributed by atoms with van der Waals surface area (Å²) in [7, 11) is 0. The molecule has 1 N–H and O–H groups in total. The second-order valence-electron chi connectivity index (χ2n) is 7.25. The van der Waals surface area contributed by atoms with Gasteiger partial charge in [-0.1, -0.05) is 5.11 Å². The van der Waals surface area contributed by atoms with Gasteiger partial charge in [-0.05, 0) is 40.1 Å². The summed E-state index contributed by atoms with van der Waals surface area (Å²) in [5.41, 5.74) is 8.07. The van der Waals surface area contributed by atoms with Crippen LogP contribution in [0.15, 0.2) is 5.11 Å². The van der Waals surface area contributed by atoms with E-state index in [1.165, 1.54) is 0 Å². The van der Waals surface area contributed by atoms with Gasteiger partial charge in [0.05, 0.1) is 11.5 Å². The van der Waals surface area contributed by atoms with Gasteiger partial charge >= 0.3 is 5.97 Å². The molecule has 1 unspecified atom stereocenters. The number of carbonyl (C=O) groups excluding carboxylic acids is 1. The van der Waals surface area contributed by atoms with Crippen LogP contribution in [0.2, 0.25) is 0 Å². The van der Waals surface area contributed by atoms with Crippen LogP contribution in [0.1, 0.15) is 34.6 Å². The van der Waals surface area contributed by atoms with Gasteiger partial charge < -0.3 is 24.1 Å². The zero-order valence-corrected chi connectivity index (χ0v) is 14.0. The molecule has 0 amide bonds. The second kappa shape index (κ2) is 5.92. The van der Waals surface area contributed by atoms with Gasteiger partial charge in [-0.3, -0.25) is 4.79 Å². The van der Waals surface area contributed by atoms with E-state index in [9.17, 15) is 9.90 Å². The first kappa shape index (κ1) is 18.0. The third kappa shape index (κ3) is 3.59. The quantitative estimate of drug-likeness (QED) is 0.362. The number of rotatable bonds is 3. The monoisotopic (exact) mass is 329 g/mol. The molecule has 23 heavy (non-hydrogen) atoms. The number of carbonyl (C=O) groups is 1. The average molecular weight is 329 g/mol. The van der Waals surface area contributed by atoms with Gasteiger partial charge in [0, 0.05) is 4.91 Å². The van der Waals surface area contributed by atoms with E-state index in [0.717, 1.165) is 0 Å². The Morgan fingerprint density at radius 1 is 1.48 bits per heavy atom. The summed E-state index contributed by atoms with van der Waals surface area (Å²) in [5, 5.41) is 14.0. The molecular formula is C14H23N3O6. The summed E-state index contributed by atoms with van der Waals surface area (Å²) in [5.74, 6) is -2.73. The van der Waals surface area contributed by atoms with Crippen LogP contribution in [0.3, 0.4) is 0 Å². The number of hydrogen-bond acceptors (Lipinski definition) is 7. The van der Waals surface area contributed by atoms with E-state index in [4.69, 9.17) is 24.5 Å². The van der Waals surface area contributed by atoms with E-state index in [1.54, 1.807) is 34.6 Å². The molecule has 1 spiro atoms. The van der Waals surface area contributed by atoms with E-state index in [-0.39, 0.29) is 13.2 Å². The van der Waals surface area contributed by atoms with E-state index >= 15 is 0 Å². The second-order valence-corrected chi connectivity index (χ2v) is 7.25. The minimum absolute atomic E-state index is 0.00443. The van der Waals surface area contributed by atoms with Gasteiger partial charge in [0.25, 0.3) is 0 Å². The van der Waals surface area contributed by atoms with Crippen LogP contribution in [0.5, 0.6) is 0 Å². The Morgan fingerprint density at radius 3 is 2.61 bits per heavy atom. The first-order valence-electron chi connectivity index (χ1n) is 7.42. The van der Waals surface area contributed by atoms with Crippen molar-refractivity contribution in [3.63, 3.8) is 0 Å². The van der Waals surface area contributed by atoms with Gasteiger partial charge in [-0.15, -0.1) is 0 Å². The van der Waals surface area contributed by atoms with Crippen LogP contribution in [0.4, 0.5) is 0 Å². The van der Waals surface area contributed by atoms with Crippen LogP contribution in [0.25, 0.3) is 10.4 Å². The molecule has 2 aliphatic rings. The van der Waals surface area contributed by atoms with Gasteiger partial charge in [0.2, 0.25) is 5.79 Å². The predicted octanol–water partition coefficient (Wildman–Crippen LogP) is 1.49. The molecule has 4 atom stereocenters.